The van der Waals surface area contributed by atoms with Gasteiger partial charge >= 0.3 is 0 Å². The van der Waals surface area contributed by atoms with E-state index in [2.05, 4.69) is 12.2 Å². The van der Waals surface area contributed by atoms with Crippen LogP contribution in [0, 0.1) is 0 Å². The zero-order chi connectivity index (χ0) is 18.7. The van der Waals surface area contributed by atoms with E-state index in [-0.39, 0.29) is 0 Å². The summed E-state index contributed by atoms with van der Waals surface area (Å²) in [6, 6.07) is 0. The smallest absolute Gasteiger partial charge is 0.0813 e. The third-order valence-corrected chi connectivity index (χ3v) is 5.14. The van der Waals surface area contributed by atoms with Crippen LogP contribution in [0.2, 0.25) is 0 Å². The van der Waals surface area contributed by atoms with Crippen LogP contribution >= 0.6 is 0 Å². The molecule has 4 nitrogen and oxygen atoms in total. The van der Waals surface area contributed by atoms with E-state index in [9.17, 15) is 0 Å². The molecule has 1 aliphatic heterocycles. The molecule has 4 heteroatoms. The van der Waals surface area contributed by atoms with Gasteiger partial charge in [-0.2, -0.15) is 0 Å². The maximum absolute atomic E-state index is 6.04. The highest BCUT2D eigenvalue weighted by Crippen LogP contribution is 2.19. The molecule has 0 saturated carbocycles. The van der Waals surface area contributed by atoms with Gasteiger partial charge < -0.3 is 19.5 Å². The molecular formula is C22H45NO3. The first-order chi connectivity index (χ1) is 12.9. The van der Waals surface area contributed by atoms with Gasteiger partial charge in [0.2, 0.25) is 0 Å². The molecule has 1 N–H and O–H groups in total. The molecule has 156 valence electrons. The number of nitrogens with one attached hydrogen (secondary N) is 1. The Morgan fingerprint density at radius 1 is 0.769 bits per heavy atom. The lowest BCUT2D eigenvalue weighted by Gasteiger charge is -2.14. The molecule has 26 heavy (non-hydrogen) atoms. The summed E-state index contributed by atoms with van der Waals surface area (Å²) in [5, 5.41) is 3.41. The van der Waals surface area contributed by atoms with E-state index in [1.807, 2.05) is 6.92 Å². The fourth-order valence-corrected chi connectivity index (χ4v) is 3.51. The predicted octanol–water partition coefficient (Wildman–Crippen LogP) is 5.10. The van der Waals surface area contributed by atoms with E-state index >= 15 is 0 Å². The number of unbranched alkanes of at least 4 members (excludes halogenated alkanes) is 9. The summed E-state index contributed by atoms with van der Waals surface area (Å²) in [5.74, 6) is 0. The van der Waals surface area contributed by atoms with Crippen LogP contribution in [0.15, 0.2) is 0 Å². The second kappa shape index (κ2) is 18.2. The van der Waals surface area contributed by atoms with Crippen molar-refractivity contribution in [2.75, 3.05) is 39.5 Å². The summed E-state index contributed by atoms with van der Waals surface area (Å²) in [7, 11) is 0. The molecule has 1 fully saturated rings. The van der Waals surface area contributed by atoms with Crippen LogP contribution in [-0.2, 0) is 14.2 Å². The van der Waals surface area contributed by atoms with Gasteiger partial charge in [0.1, 0.15) is 0 Å². The van der Waals surface area contributed by atoms with Gasteiger partial charge in [-0.25, -0.2) is 0 Å². The Kier molecular flexibility index (Phi) is 16.7. The van der Waals surface area contributed by atoms with E-state index in [0.717, 1.165) is 52.4 Å². The maximum Gasteiger partial charge on any atom is 0.0813 e. The van der Waals surface area contributed by atoms with Crippen molar-refractivity contribution in [3.63, 3.8) is 0 Å². The Balaban J connectivity index is 1.79. The zero-order valence-electron chi connectivity index (χ0n) is 17.6. The standard InChI is InChI=1S/C22H45NO3/c1-3-5-6-7-8-9-10-11-12-13-17-25-20-22-15-14-21(26-22)19-23-16-18-24-4-2/h21-23H,3-20H2,1-2H3/t21-,22+/m0/s1. The van der Waals surface area contributed by atoms with Gasteiger partial charge in [0.25, 0.3) is 0 Å². The molecule has 0 aromatic carbocycles. The zero-order valence-corrected chi connectivity index (χ0v) is 17.6. The highest BCUT2D eigenvalue weighted by molar-refractivity contribution is 4.75. The van der Waals surface area contributed by atoms with Gasteiger partial charge in [-0.1, -0.05) is 64.7 Å². The lowest BCUT2D eigenvalue weighted by Crippen LogP contribution is -2.30. The molecule has 1 saturated heterocycles. The first kappa shape index (κ1) is 23.9. The average molecular weight is 372 g/mol. The van der Waals surface area contributed by atoms with Gasteiger partial charge in [0.05, 0.1) is 25.4 Å². The summed E-state index contributed by atoms with van der Waals surface area (Å²) < 4.78 is 17.2. The number of hydrogen-bond donors (Lipinski definition) is 1. The number of hydrogen-bond acceptors (Lipinski definition) is 4. The first-order valence-corrected chi connectivity index (χ1v) is 11.4. The lowest BCUT2D eigenvalue weighted by atomic mass is 10.1. The molecule has 1 heterocycles. The van der Waals surface area contributed by atoms with Crippen molar-refractivity contribution in [2.24, 2.45) is 0 Å². The molecule has 0 radical (unpaired) electrons. The maximum atomic E-state index is 6.04. The van der Waals surface area contributed by atoms with Crippen molar-refractivity contribution in [2.45, 2.75) is 103 Å². The monoisotopic (exact) mass is 371 g/mol. The summed E-state index contributed by atoms with van der Waals surface area (Å²) in [4.78, 5) is 0. The van der Waals surface area contributed by atoms with Crippen LogP contribution in [0.4, 0.5) is 0 Å². The van der Waals surface area contributed by atoms with Crippen LogP contribution in [0.5, 0.6) is 0 Å². The van der Waals surface area contributed by atoms with E-state index in [4.69, 9.17) is 14.2 Å². The molecule has 1 rings (SSSR count). The van der Waals surface area contributed by atoms with E-state index in [1.165, 1.54) is 64.2 Å². The Morgan fingerprint density at radius 2 is 1.42 bits per heavy atom. The average Bonchev–Trinajstić information content (AvgIpc) is 3.10. The molecule has 2 atom stereocenters. The number of rotatable bonds is 19. The molecular weight excluding hydrogens is 326 g/mol. The molecule has 0 bridgehead atoms. The van der Waals surface area contributed by atoms with Crippen molar-refractivity contribution in [1.82, 2.24) is 5.32 Å². The third kappa shape index (κ3) is 14.0. The molecule has 0 unspecified atom stereocenters. The van der Waals surface area contributed by atoms with Crippen molar-refractivity contribution in [1.29, 1.82) is 0 Å². The van der Waals surface area contributed by atoms with Crippen LogP contribution in [0.3, 0.4) is 0 Å². The van der Waals surface area contributed by atoms with E-state index in [1.54, 1.807) is 0 Å². The second-order valence-electron chi connectivity index (χ2n) is 7.62. The lowest BCUT2D eigenvalue weighted by molar-refractivity contribution is -0.0153. The fourth-order valence-electron chi connectivity index (χ4n) is 3.51. The summed E-state index contributed by atoms with van der Waals surface area (Å²) in [5.41, 5.74) is 0. The molecule has 1 aliphatic rings. The first-order valence-electron chi connectivity index (χ1n) is 11.4. The topological polar surface area (TPSA) is 39.7 Å². The minimum Gasteiger partial charge on any atom is -0.380 e. The van der Waals surface area contributed by atoms with Crippen LogP contribution < -0.4 is 5.32 Å². The molecule has 0 aromatic rings. The van der Waals surface area contributed by atoms with Crippen molar-refractivity contribution < 1.29 is 14.2 Å². The minimum atomic E-state index is 0.303. The summed E-state index contributed by atoms with van der Waals surface area (Å²) in [6.45, 7) is 9.40. The molecule has 0 amide bonds. The van der Waals surface area contributed by atoms with Gasteiger partial charge in [-0.15, -0.1) is 0 Å². The highest BCUT2D eigenvalue weighted by Gasteiger charge is 2.24. The van der Waals surface area contributed by atoms with Crippen molar-refractivity contribution >= 4 is 0 Å². The normalized spacial score (nSPS) is 20.1. The van der Waals surface area contributed by atoms with Crippen LogP contribution in [-0.4, -0.2) is 51.7 Å². The predicted molar refractivity (Wildman–Crippen MR) is 110 cm³/mol. The van der Waals surface area contributed by atoms with E-state index < -0.39 is 0 Å². The summed E-state index contributed by atoms with van der Waals surface area (Å²) in [6.07, 6.45) is 16.7. The van der Waals surface area contributed by atoms with Gasteiger partial charge in [0, 0.05) is 26.3 Å². The van der Waals surface area contributed by atoms with Gasteiger partial charge in [-0.3, -0.25) is 0 Å². The Hall–Kier alpha value is -0.160. The third-order valence-electron chi connectivity index (χ3n) is 5.14. The quantitative estimate of drug-likeness (QED) is 0.321. The largest absolute Gasteiger partial charge is 0.380 e. The summed E-state index contributed by atoms with van der Waals surface area (Å²) >= 11 is 0. The minimum absolute atomic E-state index is 0.303. The molecule has 0 spiro atoms. The fraction of sp³-hybridized carbons (Fsp3) is 1.00. The van der Waals surface area contributed by atoms with Gasteiger partial charge in [-0.05, 0) is 26.2 Å². The Morgan fingerprint density at radius 3 is 2.12 bits per heavy atom. The second-order valence-corrected chi connectivity index (χ2v) is 7.62. The number of ether oxygens (including phenoxy) is 3. The highest BCUT2D eigenvalue weighted by atomic mass is 16.5. The van der Waals surface area contributed by atoms with Crippen molar-refractivity contribution in [3.05, 3.63) is 0 Å². The SMILES string of the molecule is CCCCCCCCCCCCOC[C@H]1CC[C@@H](CNCCOCC)O1. The van der Waals surface area contributed by atoms with Crippen molar-refractivity contribution in [3.8, 4) is 0 Å². The molecule has 0 aliphatic carbocycles. The van der Waals surface area contributed by atoms with E-state index in [0.29, 0.717) is 12.2 Å². The van der Waals surface area contributed by atoms with Crippen LogP contribution in [0.1, 0.15) is 90.9 Å². The Bertz CT molecular complexity index is 289. The Labute approximate surface area is 162 Å². The van der Waals surface area contributed by atoms with Gasteiger partial charge in [0.15, 0.2) is 0 Å². The molecule has 0 aromatic heterocycles. The van der Waals surface area contributed by atoms with Crippen LogP contribution in [0.25, 0.3) is 0 Å².